The third kappa shape index (κ3) is 2.02. The van der Waals surface area contributed by atoms with Crippen LogP contribution in [0.4, 0.5) is 0 Å². The minimum absolute atomic E-state index is 0.0336. The van der Waals surface area contributed by atoms with E-state index in [1.54, 1.807) is 5.06 Å². The van der Waals surface area contributed by atoms with Crippen LogP contribution >= 0.6 is 0 Å². The van der Waals surface area contributed by atoms with Crippen LogP contribution in [0.15, 0.2) is 30.3 Å². The molecule has 2 atom stereocenters. The van der Waals surface area contributed by atoms with Crippen molar-refractivity contribution < 1.29 is 9.63 Å². The standard InChI is InChI=1S/C12H15NO2/c1-9-10(2)13(15-12(9)14)8-11-6-4-3-5-7-11/h3-7,9-10H,8H2,1-2H3/t9-,10-/m0/s1. The van der Waals surface area contributed by atoms with Crippen molar-refractivity contribution in [3.05, 3.63) is 35.9 Å². The number of hydroxylamine groups is 2. The van der Waals surface area contributed by atoms with Crippen molar-refractivity contribution in [2.75, 3.05) is 0 Å². The van der Waals surface area contributed by atoms with Crippen molar-refractivity contribution in [3.8, 4) is 0 Å². The van der Waals surface area contributed by atoms with E-state index in [-0.39, 0.29) is 17.9 Å². The maximum Gasteiger partial charge on any atom is 0.329 e. The molecular weight excluding hydrogens is 190 g/mol. The van der Waals surface area contributed by atoms with E-state index in [0.717, 1.165) is 5.56 Å². The summed E-state index contributed by atoms with van der Waals surface area (Å²) in [6.07, 6.45) is 0. The molecule has 0 N–H and O–H groups in total. The molecule has 0 unspecified atom stereocenters. The summed E-state index contributed by atoms with van der Waals surface area (Å²) in [5.41, 5.74) is 1.16. The lowest BCUT2D eigenvalue weighted by atomic mass is 10.1. The Labute approximate surface area is 89.6 Å². The molecule has 0 bridgehead atoms. The van der Waals surface area contributed by atoms with Gasteiger partial charge in [-0.3, -0.25) is 0 Å². The molecule has 1 heterocycles. The van der Waals surface area contributed by atoms with Crippen LogP contribution in [0.3, 0.4) is 0 Å². The van der Waals surface area contributed by atoms with Crippen LogP contribution in [-0.4, -0.2) is 17.1 Å². The molecule has 1 aliphatic rings. The third-order valence-electron chi connectivity index (χ3n) is 2.94. The van der Waals surface area contributed by atoms with E-state index in [4.69, 9.17) is 4.84 Å². The Balaban J connectivity index is 2.05. The van der Waals surface area contributed by atoms with Crippen LogP contribution in [0.5, 0.6) is 0 Å². The lowest BCUT2D eigenvalue weighted by Crippen LogP contribution is -2.27. The van der Waals surface area contributed by atoms with Gasteiger partial charge in [-0.05, 0) is 12.5 Å². The molecule has 0 aliphatic carbocycles. The van der Waals surface area contributed by atoms with Gasteiger partial charge in [-0.15, -0.1) is 5.06 Å². The van der Waals surface area contributed by atoms with Crippen LogP contribution in [0.1, 0.15) is 19.4 Å². The summed E-state index contributed by atoms with van der Waals surface area (Å²) >= 11 is 0. The molecule has 1 saturated heterocycles. The van der Waals surface area contributed by atoms with Gasteiger partial charge in [-0.2, -0.15) is 0 Å². The third-order valence-corrected chi connectivity index (χ3v) is 2.94. The summed E-state index contributed by atoms with van der Waals surface area (Å²) < 4.78 is 0. The summed E-state index contributed by atoms with van der Waals surface area (Å²) in [6.45, 7) is 4.58. The van der Waals surface area contributed by atoms with Crippen LogP contribution in [0.2, 0.25) is 0 Å². The lowest BCUT2D eigenvalue weighted by molar-refractivity contribution is -0.177. The number of benzene rings is 1. The fraction of sp³-hybridized carbons (Fsp3) is 0.417. The zero-order chi connectivity index (χ0) is 10.8. The number of hydrogen-bond donors (Lipinski definition) is 0. The first-order valence-electron chi connectivity index (χ1n) is 5.21. The van der Waals surface area contributed by atoms with Crippen molar-refractivity contribution in [1.82, 2.24) is 5.06 Å². The zero-order valence-electron chi connectivity index (χ0n) is 9.01. The fourth-order valence-electron chi connectivity index (χ4n) is 1.67. The average molecular weight is 205 g/mol. The van der Waals surface area contributed by atoms with Gasteiger partial charge in [-0.25, -0.2) is 4.79 Å². The maximum atomic E-state index is 11.3. The van der Waals surface area contributed by atoms with Crippen molar-refractivity contribution in [1.29, 1.82) is 0 Å². The van der Waals surface area contributed by atoms with Gasteiger partial charge >= 0.3 is 5.97 Å². The van der Waals surface area contributed by atoms with Crippen molar-refractivity contribution in [3.63, 3.8) is 0 Å². The second kappa shape index (κ2) is 4.03. The highest BCUT2D eigenvalue weighted by Crippen LogP contribution is 2.23. The molecule has 1 aliphatic heterocycles. The summed E-state index contributed by atoms with van der Waals surface area (Å²) in [5.74, 6) is -0.160. The van der Waals surface area contributed by atoms with Gasteiger partial charge < -0.3 is 4.84 Å². The molecule has 3 nitrogen and oxygen atoms in total. The predicted molar refractivity (Wildman–Crippen MR) is 56.7 cm³/mol. The summed E-state index contributed by atoms with van der Waals surface area (Å²) in [5, 5.41) is 1.75. The molecular formula is C12H15NO2. The van der Waals surface area contributed by atoms with Gasteiger partial charge in [-0.1, -0.05) is 37.3 Å². The van der Waals surface area contributed by atoms with Crippen molar-refractivity contribution in [2.24, 2.45) is 5.92 Å². The quantitative estimate of drug-likeness (QED) is 0.739. The molecule has 1 fully saturated rings. The Morgan fingerprint density at radius 2 is 1.93 bits per heavy atom. The van der Waals surface area contributed by atoms with Crippen molar-refractivity contribution >= 4 is 5.97 Å². The van der Waals surface area contributed by atoms with E-state index in [9.17, 15) is 4.79 Å². The molecule has 0 amide bonds. The molecule has 80 valence electrons. The Morgan fingerprint density at radius 1 is 1.27 bits per heavy atom. The number of rotatable bonds is 2. The van der Waals surface area contributed by atoms with Gasteiger partial charge in [0, 0.05) is 0 Å². The van der Waals surface area contributed by atoms with E-state index in [1.807, 2.05) is 44.2 Å². The maximum absolute atomic E-state index is 11.3. The summed E-state index contributed by atoms with van der Waals surface area (Å²) in [6, 6.07) is 10.2. The topological polar surface area (TPSA) is 29.5 Å². The highest BCUT2D eigenvalue weighted by molar-refractivity contribution is 5.74. The van der Waals surface area contributed by atoms with Crippen LogP contribution in [-0.2, 0) is 16.2 Å². The smallest absolute Gasteiger partial charge is 0.329 e. The van der Waals surface area contributed by atoms with Gasteiger partial charge in [0.15, 0.2) is 0 Å². The largest absolute Gasteiger partial charge is 0.367 e. The minimum atomic E-state index is -0.126. The molecule has 0 radical (unpaired) electrons. The normalized spacial score (nSPS) is 26.7. The highest BCUT2D eigenvalue weighted by Gasteiger charge is 2.36. The van der Waals surface area contributed by atoms with E-state index in [1.165, 1.54) is 0 Å². The highest BCUT2D eigenvalue weighted by atomic mass is 16.7. The summed E-state index contributed by atoms with van der Waals surface area (Å²) in [4.78, 5) is 16.5. The first-order valence-corrected chi connectivity index (χ1v) is 5.21. The second-order valence-corrected chi connectivity index (χ2v) is 4.00. The number of nitrogens with zero attached hydrogens (tertiary/aromatic N) is 1. The second-order valence-electron chi connectivity index (χ2n) is 4.00. The Bertz CT molecular complexity index is 350. The molecule has 3 heteroatoms. The monoisotopic (exact) mass is 205 g/mol. The van der Waals surface area contributed by atoms with Gasteiger partial charge in [0.05, 0.1) is 18.5 Å². The van der Waals surface area contributed by atoms with Gasteiger partial charge in [0.1, 0.15) is 0 Å². The molecule has 2 rings (SSSR count). The number of carbonyl (C=O) groups is 1. The Kier molecular flexibility index (Phi) is 2.73. The first kappa shape index (κ1) is 10.2. The van der Waals surface area contributed by atoms with E-state index in [0.29, 0.717) is 6.54 Å². The van der Waals surface area contributed by atoms with E-state index in [2.05, 4.69) is 0 Å². The van der Waals surface area contributed by atoms with E-state index < -0.39 is 0 Å². The Morgan fingerprint density at radius 3 is 2.47 bits per heavy atom. The van der Waals surface area contributed by atoms with Crippen molar-refractivity contribution in [2.45, 2.75) is 26.4 Å². The Hall–Kier alpha value is -1.35. The molecule has 0 spiro atoms. The number of hydrogen-bond acceptors (Lipinski definition) is 3. The SMILES string of the molecule is C[C@@H]1C(=O)ON(Cc2ccccc2)[C@H]1C. The average Bonchev–Trinajstić information content (AvgIpc) is 2.48. The lowest BCUT2D eigenvalue weighted by Gasteiger charge is -2.18. The molecule has 1 aromatic carbocycles. The summed E-state index contributed by atoms with van der Waals surface area (Å²) in [7, 11) is 0. The number of carbonyl (C=O) groups excluding carboxylic acids is 1. The van der Waals surface area contributed by atoms with Crippen LogP contribution in [0, 0.1) is 5.92 Å². The molecule has 0 saturated carbocycles. The van der Waals surface area contributed by atoms with Gasteiger partial charge in [0.25, 0.3) is 0 Å². The predicted octanol–water partition coefficient (Wildman–Crippen LogP) is 1.99. The molecule has 0 aromatic heterocycles. The minimum Gasteiger partial charge on any atom is -0.367 e. The van der Waals surface area contributed by atoms with Crippen LogP contribution < -0.4 is 0 Å². The fourth-order valence-corrected chi connectivity index (χ4v) is 1.67. The van der Waals surface area contributed by atoms with E-state index >= 15 is 0 Å². The van der Waals surface area contributed by atoms with Crippen LogP contribution in [0.25, 0.3) is 0 Å². The van der Waals surface area contributed by atoms with Gasteiger partial charge in [0.2, 0.25) is 0 Å². The molecule has 1 aromatic rings. The molecule has 15 heavy (non-hydrogen) atoms. The zero-order valence-corrected chi connectivity index (χ0v) is 9.01. The first-order chi connectivity index (χ1) is 7.18.